The Kier molecular flexibility index (Phi) is 5.47. The predicted molar refractivity (Wildman–Crippen MR) is 169 cm³/mol. The molecule has 6 heteroatoms. The first kappa shape index (κ1) is 24.2. The Morgan fingerprint density at radius 1 is 0.405 bits per heavy atom. The van der Waals surface area contributed by atoms with Crippen LogP contribution < -0.4 is 0 Å². The van der Waals surface area contributed by atoms with Gasteiger partial charge in [-0.25, -0.2) is 19.9 Å². The van der Waals surface area contributed by atoms with Crippen LogP contribution in [0.1, 0.15) is 11.1 Å². The van der Waals surface area contributed by atoms with E-state index < -0.39 is 0 Å². The van der Waals surface area contributed by atoms with E-state index in [4.69, 9.17) is 19.9 Å². The molecule has 0 aliphatic carbocycles. The lowest BCUT2D eigenvalue weighted by atomic mass is 9.94. The van der Waals surface area contributed by atoms with Gasteiger partial charge >= 0.3 is 0 Å². The van der Waals surface area contributed by atoms with Gasteiger partial charge in [0.05, 0.1) is 55.9 Å². The zero-order valence-corrected chi connectivity index (χ0v) is 23.1. The minimum atomic E-state index is 0.801. The topological polar surface area (TPSA) is 77.3 Å². The van der Waals surface area contributed by atoms with Gasteiger partial charge in [-0.15, -0.1) is 0 Å². The van der Waals surface area contributed by atoms with Crippen LogP contribution in [-0.2, 0) is 0 Å². The molecule has 0 fully saturated rings. The Bertz CT molecular complexity index is 2180. The highest BCUT2D eigenvalue weighted by Crippen LogP contribution is 2.42. The molecule has 0 atom stereocenters. The fourth-order valence-electron chi connectivity index (χ4n) is 5.81. The van der Waals surface area contributed by atoms with Gasteiger partial charge in [0, 0.05) is 34.3 Å². The summed E-state index contributed by atoms with van der Waals surface area (Å²) >= 11 is 0. The van der Waals surface area contributed by atoms with Crippen LogP contribution in [0, 0.1) is 13.8 Å². The van der Waals surface area contributed by atoms with Crippen molar-refractivity contribution in [3.05, 3.63) is 121 Å². The van der Waals surface area contributed by atoms with Gasteiger partial charge in [-0.1, -0.05) is 48.5 Å². The molecule has 42 heavy (non-hydrogen) atoms. The minimum absolute atomic E-state index is 0.801. The van der Waals surface area contributed by atoms with Crippen molar-refractivity contribution in [2.75, 3.05) is 0 Å². The molecule has 2 aromatic carbocycles. The molecular formula is C36H24N6. The van der Waals surface area contributed by atoms with Gasteiger partial charge in [0.15, 0.2) is 0 Å². The standard InChI is InChI=1S/C36H24N6/c1-21-9-7-19-37-33(21)27-15-17-29-35(41-27)31(23-11-3-5-13-25(23)39-29)32-24-12-4-6-14-26(24)40-30-18-16-28(42-36(30)32)34-22(2)10-8-20-38-34/h3-20H,1-2H3. The van der Waals surface area contributed by atoms with E-state index in [9.17, 15) is 0 Å². The van der Waals surface area contributed by atoms with E-state index in [1.54, 1.807) is 0 Å². The number of fused-ring (bicyclic) bond motifs is 4. The number of aromatic nitrogens is 6. The van der Waals surface area contributed by atoms with Gasteiger partial charge < -0.3 is 0 Å². The van der Waals surface area contributed by atoms with Gasteiger partial charge in [0.25, 0.3) is 0 Å². The zero-order valence-electron chi connectivity index (χ0n) is 23.1. The molecule has 0 spiro atoms. The predicted octanol–water partition coefficient (Wildman–Crippen LogP) is 8.29. The lowest BCUT2D eigenvalue weighted by Gasteiger charge is -2.16. The maximum Gasteiger partial charge on any atom is 0.0980 e. The summed E-state index contributed by atoms with van der Waals surface area (Å²) < 4.78 is 0. The van der Waals surface area contributed by atoms with Crippen molar-refractivity contribution in [2.24, 2.45) is 0 Å². The molecule has 8 aromatic rings. The van der Waals surface area contributed by atoms with Gasteiger partial charge in [-0.05, 0) is 73.5 Å². The summed E-state index contributed by atoms with van der Waals surface area (Å²) in [6, 6.07) is 32.6. The van der Waals surface area contributed by atoms with E-state index in [-0.39, 0.29) is 0 Å². The average molecular weight is 541 g/mol. The SMILES string of the molecule is Cc1cccnc1-c1ccc2nc3ccccc3c(-c3c4ccccc4nc4ccc(-c5ncccc5C)nc34)c2n1. The van der Waals surface area contributed by atoms with Crippen molar-refractivity contribution in [2.45, 2.75) is 13.8 Å². The van der Waals surface area contributed by atoms with Crippen LogP contribution in [0.2, 0.25) is 0 Å². The summed E-state index contributed by atoms with van der Waals surface area (Å²) in [4.78, 5) is 29.9. The summed E-state index contributed by atoms with van der Waals surface area (Å²) in [5, 5.41) is 2.01. The smallest absolute Gasteiger partial charge is 0.0980 e. The summed E-state index contributed by atoms with van der Waals surface area (Å²) in [5.41, 5.74) is 12.4. The zero-order chi connectivity index (χ0) is 28.2. The van der Waals surface area contributed by atoms with E-state index in [1.807, 2.05) is 73.1 Å². The van der Waals surface area contributed by atoms with Crippen molar-refractivity contribution in [1.82, 2.24) is 29.9 Å². The van der Waals surface area contributed by atoms with Gasteiger partial charge in [0.2, 0.25) is 0 Å². The molecule has 0 aliphatic rings. The molecule has 0 saturated heterocycles. The third kappa shape index (κ3) is 3.80. The molecule has 6 nitrogen and oxygen atoms in total. The maximum atomic E-state index is 5.26. The van der Waals surface area contributed by atoms with Gasteiger partial charge in [0.1, 0.15) is 0 Å². The van der Waals surface area contributed by atoms with E-state index in [2.05, 4.69) is 60.2 Å². The van der Waals surface area contributed by atoms with Crippen LogP contribution in [0.15, 0.2) is 109 Å². The summed E-state index contributed by atoms with van der Waals surface area (Å²) in [7, 11) is 0. The number of hydrogen-bond acceptors (Lipinski definition) is 6. The molecule has 0 N–H and O–H groups in total. The molecule has 0 saturated carbocycles. The number of benzene rings is 2. The molecule has 0 aliphatic heterocycles. The monoisotopic (exact) mass is 540 g/mol. The molecule has 0 radical (unpaired) electrons. The van der Waals surface area contributed by atoms with Crippen LogP contribution in [0.3, 0.4) is 0 Å². The molecule has 6 heterocycles. The normalized spacial score (nSPS) is 11.6. The van der Waals surface area contributed by atoms with Crippen molar-refractivity contribution in [1.29, 1.82) is 0 Å². The fraction of sp³-hybridized carbons (Fsp3) is 0.0556. The van der Waals surface area contributed by atoms with Crippen LogP contribution in [0.4, 0.5) is 0 Å². The number of rotatable bonds is 3. The van der Waals surface area contributed by atoms with E-state index in [0.29, 0.717) is 0 Å². The molecule has 6 aromatic heterocycles. The van der Waals surface area contributed by atoms with Crippen molar-refractivity contribution in [3.8, 4) is 33.9 Å². The first-order chi connectivity index (χ1) is 20.7. The lowest BCUT2D eigenvalue weighted by molar-refractivity contribution is 1.23. The maximum absolute atomic E-state index is 5.26. The van der Waals surface area contributed by atoms with E-state index in [0.717, 1.165) is 88.9 Å². The molecule has 8 rings (SSSR count). The highest BCUT2D eigenvalue weighted by atomic mass is 14.8. The molecule has 198 valence electrons. The Labute approximate surface area is 241 Å². The summed E-state index contributed by atoms with van der Waals surface area (Å²) in [6.07, 6.45) is 3.62. The Hall–Kier alpha value is -5.62. The van der Waals surface area contributed by atoms with E-state index >= 15 is 0 Å². The largest absolute Gasteiger partial charge is 0.254 e. The lowest BCUT2D eigenvalue weighted by Crippen LogP contribution is -1.99. The fourth-order valence-corrected chi connectivity index (χ4v) is 5.81. The van der Waals surface area contributed by atoms with Crippen molar-refractivity contribution < 1.29 is 0 Å². The second-order valence-corrected chi connectivity index (χ2v) is 10.5. The van der Waals surface area contributed by atoms with Crippen LogP contribution in [0.5, 0.6) is 0 Å². The van der Waals surface area contributed by atoms with E-state index in [1.165, 1.54) is 0 Å². The quantitative estimate of drug-likeness (QED) is 0.210. The van der Waals surface area contributed by atoms with Crippen LogP contribution in [0.25, 0.3) is 77.8 Å². The van der Waals surface area contributed by atoms with Gasteiger partial charge in [-0.3, -0.25) is 9.97 Å². The highest BCUT2D eigenvalue weighted by Gasteiger charge is 2.21. The summed E-state index contributed by atoms with van der Waals surface area (Å²) in [6.45, 7) is 4.12. The first-order valence-corrected chi connectivity index (χ1v) is 13.9. The Balaban J connectivity index is 1.55. The van der Waals surface area contributed by atoms with Crippen LogP contribution >= 0.6 is 0 Å². The van der Waals surface area contributed by atoms with Crippen molar-refractivity contribution in [3.63, 3.8) is 0 Å². The number of hydrogen-bond donors (Lipinski definition) is 0. The number of para-hydroxylation sites is 2. The summed E-state index contributed by atoms with van der Waals surface area (Å²) in [5.74, 6) is 0. The molecule has 0 amide bonds. The van der Waals surface area contributed by atoms with Crippen molar-refractivity contribution >= 4 is 43.9 Å². The first-order valence-electron chi connectivity index (χ1n) is 13.9. The second-order valence-electron chi connectivity index (χ2n) is 10.5. The average Bonchev–Trinajstić information content (AvgIpc) is 3.03. The minimum Gasteiger partial charge on any atom is -0.254 e. The van der Waals surface area contributed by atoms with Gasteiger partial charge in [-0.2, -0.15) is 0 Å². The molecular weight excluding hydrogens is 516 g/mol. The number of pyridine rings is 6. The Morgan fingerprint density at radius 2 is 0.857 bits per heavy atom. The number of aryl methyl sites for hydroxylation is 2. The third-order valence-corrected chi connectivity index (χ3v) is 7.80. The second kappa shape index (κ2) is 9.49. The number of nitrogens with zero attached hydrogens (tertiary/aromatic N) is 6. The third-order valence-electron chi connectivity index (χ3n) is 7.80. The molecule has 0 unspecified atom stereocenters. The Morgan fingerprint density at radius 3 is 1.31 bits per heavy atom. The highest BCUT2D eigenvalue weighted by molar-refractivity contribution is 6.19. The van der Waals surface area contributed by atoms with Crippen LogP contribution in [-0.4, -0.2) is 29.9 Å². The molecule has 0 bridgehead atoms.